The first-order valence-corrected chi connectivity index (χ1v) is 7.36. The minimum absolute atomic E-state index is 0.0258. The average molecular weight is 275 g/mol. The van der Waals surface area contributed by atoms with Gasteiger partial charge in [-0.15, -0.1) is 0 Å². The molecule has 1 aliphatic heterocycles. The number of primary amides is 1. The molecule has 1 fully saturated rings. The van der Waals surface area contributed by atoms with E-state index in [1.165, 1.54) is 11.3 Å². The van der Waals surface area contributed by atoms with E-state index < -0.39 is 0 Å². The lowest BCUT2D eigenvalue weighted by Crippen LogP contribution is -2.45. The van der Waals surface area contributed by atoms with Crippen molar-refractivity contribution in [2.45, 2.75) is 38.8 Å². The van der Waals surface area contributed by atoms with Gasteiger partial charge in [-0.3, -0.25) is 4.79 Å². The quantitative estimate of drug-likeness (QED) is 0.884. The van der Waals surface area contributed by atoms with Gasteiger partial charge in [-0.25, -0.2) is 0 Å². The first-order valence-electron chi connectivity index (χ1n) is 7.36. The highest BCUT2D eigenvalue weighted by Gasteiger charge is 2.28. The normalized spacial score (nSPS) is 24.4. The van der Waals surface area contributed by atoms with Gasteiger partial charge in [0, 0.05) is 24.3 Å². The molecule has 1 heterocycles. The molecule has 0 spiro atoms. The molecule has 20 heavy (non-hydrogen) atoms. The van der Waals surface area contributed by atoms with E-state index in [4.69, 9.17) is 5.73 Å². The molecule has 110 valence electrons. The summed E-state index contributed by atoms with van der Waals surface area (Å²) >= 11 is 0. The topological polar surface area (TPSA) is 58.4 Å². The van der Waals surface area contributed by atoms with E-state index in [1.807, 2.05) is 7.05 Å². The van der Waals surface area contributed by atoms with Crippen LogP contribution >= 0.6 is 0 Å². The van der Waals surface area contributed by atoms with Crippen LogP contribution in [0.1, 0.15) is 38.3 Å². The molecule has 1 saturated heterocycles. The molecular weight excluding hydrogens is 250 g/mol. The molecular formula is C16H25N3O. The molecule has 1 aromatic rings. The van der Waals surface area contributed by atoms with Crippen molar-refractivity contribution in [2.24, 2.45) is 11.7 Å². The number of rotatable bonds is 4. The maximum Gasteiger partial charge on any atom is 0.222 e. The molecule has 0 aromatic heterocycles. The van der Waals surface area contributed by atoms with Crippen molar-refractivity contribution in [3.05, 3.63) is 29.8 Å². The van der Waals surface area contributed by atoms with Crippen molar-refractivity contribution < 1.29 is 4.79 Å². The van der Waals surface area contributed by atoms with Gasteiger partial charge in [-0.1, -0.05) is 12.1 Å². The minimum Gasteiger partial charge on any atom is -0.369 e. The number of anilines is 1. The number of nitrogens with zero attached hydrogens (tertiary/aromatic N) is 1. The zero-order valence-corrected chi connectivity index (χ0v) is 12.6. The van der Waals surface area contributed by atoms with Crippen LogP contribution < -0.4 is 16.0 Å². The zero-order valence-electron chi connectivity index (χ0n) is 12.6. The summed E-state index contributed by atoms with van der Waals surface area (Å²) < 4.78 is 0. The van der Waals surface area contributed by atoms with Crippen molar-refractivity contribution in [3.63, 3.8) is 0 Å². The van der Waals surface area contributed by atoms with Crippen LogP contribution in [0.2, 0.25) is 0 Å². The number of carbonyl (C=O) groups is 1. The Morgan fingerprint density at radius 2 is 2.00 bits per heavy atom. The number of amides is 1. The third kappa shape index (κ3) is 3.12. The van der Waals surface area contributed by atoms with Crippen LogP contribution in [0.5, 0.6) is 0 Å². The van der Waals surface area contributed by atoms with Crippen LogP contribution in [0.25, 0.3) is 0 Å². The lowest BCUT2D eigenvalue weighted by Gasteiger charge is -2.38. The summed E-state index contributed by atoms with van der Waals surface area (Å²) in [5, 5.41) is 3.24. The fourth-order valence-electron chi connectivity index (χ4n) is 2.82. The summed E-state index contributed by atoms with van der Waals surface area (Å²) in [6.45, 7) is 5.08. The summed E-state index contributed by atoms with van der Waals surface area (Å²) in [5.41, 5.74) is 7.91. The molecule has 1 aliphatic rings. The van der Waals surface area contributed by atoms with E-state index in [9.17, 15) is 4.79 Å². The molecule has 1 amide bonds. The monoisotopic (exact) mass is 275 g/mol. The Morgan fingerprint density at radius 1 is 1.35 bits per heavy atom. The van der Waals surface area contributed by atoms with Crippen molar-refractivity contribution in [3.8, 4) is 0 Å². The lowest BCUT2D eigenvalue weighted by atomic mass is 9.92. The number of nitrogens with one attached hydrogen (secondary N) is 1. The van der Waals surface area contributed by atoms with Crippen LogP contribution in [-0.2, 0) is 4.79 Å². The highest BCUT2D eigenvalue weighted by molar-refractivity contribution is 5.77. The molecule has 4 nitrogen and oxygen atoms in total. The Kier molecular flexibility index (Phi) is 4.65. The highest BCUT2D eigenvalue weighted by Crippen LogP contribution is 2.28. The average Bonchev–Trinajstić information content (AvgIpc) is 2.47. The van der Waals surface area contributed by atoms with E-state index in [0.29, 0.717) is 12.1 Å². The van der Waals surface area contributed by atoms with Gasteiger partial charge in [-0.05, 0) is 51.4 Å². The van der Waals surface area contributed by atoms with Gasteiger partial charge < -0.3 is 16.0 Å². The maximum absolute atomic E-state index is 11.4. The molecule has 0 aliphatic carbocycles. The van der Waals surface area contributed by atoms with E-state index in [0.717, 1.165) is 19.4 Å². The Labute approximate surface area is 121 Å². The van der Waals surface area contributed by atoms with E-state index >= 15 is 0 Å². The first kappa shape index (κ1) is 14.9. The predicted octanol–water partition coefficient (Wildman–Crippen LogP) is 2.06. The van der Waals surface area contributed by atoms with Gasteiger partial charge in [0.05, 0.1) is 5.92 Å². The molecule has 0 saturated carbocycles. The third-order valence-electron chi connectivity index (χ3n) is 4.44. The highest BCUT2D eigenvalue weighted by atomic mass is 16.1. The molecule has 3 N–H and O–H groups in total. The number of benzene rings is 1. The lowest BCUT2D eigenvalue weighted by molar-refractivity contribution is -0.122. The number of piperidine rings is 1. The summed E-state index contributed by atoms with van der Waals surface area (Å²) in [6.07, 6.45) is 1.92. The second kappa shape index (κ2) is 6.27. The van der Waals surface area contributed by atoms with Crippen LogP contribution in [0, 0.1) is 5.92 Å². The smallest absolute Gasteiger partial charge is 0.222 e. The van der Waals surface area contributed by atoms with Gasteiger partial charge in [0.25, 0.3) is 0 Å². The van der Waals surface area contributed by atoms with Crippen LogP contribution in [0.15, 0.2) is 24.3 Å². The Morgan fingerprint density at radius 3 is 2.55 bits per heavy atom. The summed E-state index contributed by atoms with van der Waals surface area (Å²) in [6, 6.07) is 9.39. The fourth-order valence-corrected chi connectivity index (χ4v) is 2.82. The van der Waals surface area contributed by atoms with Crippen LogP contribution in [0.3, 0.4) is 0 Å². The number of hydrogen-bond donors (Lipinski definition) is 2. The van der Waals surface area contributed by atoms with E-state index in [2.05, 4.69) is 48.3 Å². The van der Waals surface area contributed by atoms with E-state index in [-0.39, 0.29) is 11.8 Å². The van der Waals surface area contributed by atoms with Crippen molar-refractivity contribution >= 4 is 11.6 Å². The number of nitrogens with two attached hydrogens (primary N) is 1. The van der Waals surface area contributed by atoms with Gasteiger partial charge in [0.2, 0.25) is 5.91 Å². The summed E-state index contributed by atoms with van der Waals surface area (Å²) in [7, 11) is 1.96. The van der Waals surface area contributed by atoms with Gasteiger partial charge in [0.1, 0.15) is 0 Å². The van der Waals surface area contributed by atoms with Gasteiger partial charge in [0.15, 0.2) is 0 Å². The third-order valence-corrected chi connectivity index (χ3v) is 4.44. The Balaban J connectivity index is 2.14. The largest absolute Gasteiger partial charge is 0.369 e. The Hall–Kier alpha value is -1.55. The van der Waals surface area contributed by atoms with Crippen LogP contribution in [0.4, 0.5) is 5.69 Å². The molecule has 1 aromatic carbocycles. The van der Waals surface area contributed by atoms with Gasteiger partial charge in [-0.2, -0.15) is 0 Å². The van der Waals surface area contributed by atoms with Crippen molar-refractivity contribution in [1.29, 1.82) is 0 Å². The predicted molar refractivity (Wildman–Crippen MR) is 82.6 cm³/mol. The number of carbonyl (C=O) groups excluding carboxylic acids is 1. The van der Waals surface area contributed by atoms with Gasteiger partial charge >= 0.3 is 0 Å². The van der Waals surface area contributed by atoms with Crippen molar-refractivity contribution in [1.82, 2.24) is 5.32 Å². The molecule has 3 unspecified atom stereocenters. The summed E-state index contributed by atoms with van der Waals surface area (Å²) in [5.74, 6) is -0.204. The zero-order chi connectivity index (χ0) is 14.7. The molecule has 2 rings (SSSR count). The first-order chi connectivity index (χ1) is 9.52. The number of hydrogen-bond acceptors (Lipinski definition) is 3. The molecule has 4 heteroatoms. The minimum atomic E-state index is -0.178. The van der Waals surface area contributed by atoms with Crippen molar-refractivity contribution in [2.75, 3.05) is 18.5 Å². The molecule has 0 bridgehead atoms. The van der Waals surface area contributed by atoms with Crippen LogP contribution in [-0.4, -0.2) is 25.5 Å². The SMILES string of the molecule is CNC(C)c1ccc(N2CC(C(N)=O)CCC2C)cc1. The maximum atomic E-state index is 11.4. The second-order valence-corrected chi connectivity index (χ2v) is 5.78. The summed E-state index contributed by atoms with van der Waals surface area (Å²) in [4.78, 5) is 13.7. The van der Waals surface area contributed by atoms with E-state index in [1.54, 1.807) is 0 Å². The Bertz CT molecular complexity index is 457. The standard InChI is InChI=1S/C16H25N3O/c1-11-4-5-14(16(17)20)10-19(11)15-8-6-13(7-9-15)12(2)18-3/h6-9,11-12,14,18H,4-5,10H2,1-3H3,(H2,17,20). The molecule has 0 radical (unpaired) electrons. The fraction of sp³-hybridized carbons (Fsp3) is 0.562. The second-order valence-electron chi connectivity index (χ2n) is 5.78. The molecule has 3 atom stereocenters.